The maximum atomic E-state index is 11.6. The number of imidazole rings is 1. The van der Waals surface area contributed by atoms with Crippen LogP contribution in [0.4, 0.5) is 5.69 Å². The summed E-state index contributed by atoms with van der Waals surface area (Å²) >= 11 is 5.84. The number of halogens is 1. The minimum Gasteiger partial charge on any atom is -0.376 e. The van der Waals surface area contributed by atoms with Crippen molar-refractivity contribution in [1.29, 1.82) is 0 Å². The topological polar surface area (TPSA) is 71.3 Å². The molecular formula is C13H14ClN5O. The molecule has 0 saturated heterocycles. The van der Waals surface area contributed by atoms with Gasteiger partial charge >= 0.3 is 0 Å². The number of nitrogens with zero attached hydrogens (tertiary/aromatic N) is 3. The number of hydrazone groups is 1. The van der Waals surface area contributed by atoms with Crippen LogP contribution in [0.5, 0.6) is 0 Å². The summed E-state index contributed by atoms with van der Waals surface area (Å²) in [5.41, 5.74) is 4.01. The third-order valence-corrected chi connectivity index (χ3v) is 2.75. The molecule has 6 nitrogen and oxygen atoms in total. The third kappa shape index (κ3) is 4.10. The fourth-order valence-electron chi connectivity index (χ4n) is 1.48. The second kappa shape index (κ2) is 6.72. The molecule has 1 aromatic carbocycles. The maximum Gasteiger partial charge on any atom is 0.259 e. The molecule has 2 N–H and O–H groups in total. The standard InChI is InChI=1S/C13H14ClN5O/c1-19-9-15-6-12(19)7-17-18-13(20)8-16-11-4-2-3-10(14)5-11/h2-7,9,16H,8H2,1H3,(H,18,20)/b17-7+. The highest BCUT2D eigenvalue weighted by Crippen LogP contribution is 2.14. The summed E-state index contributed by atoms with van der Waals surface area (Å²) in [5.74, 6) is -0.247. The number of anilines is 1. The van der Waals surface area contributed by atoms with Crippen LogP contribution in [-0.4, -0.2) is 28.2 Å². The van der Waals surface area contributed by atoms with Crippen molar-refractivity contribution in [3.8, 4) is 0 Å². The van der Waals surface area contributed by atoms with E-state index >= 15 is 0 Å². The lowest BCUT2D eigenvalue weighted by molar-refractivity contribution is -0.119. The molecule has 0 unspecified atom stereocenters. The molecule has 2 rings (SSSR count). The van der Waals surface area contributed by atoms with Gasteiger partial charge in [0.25, 0.3) is 5.91 Å². The van der Waals surface area contributed by atoms with E-state index in [0.29, 0.717) is 5.02 Å². The van der Waals surface area contributed by atoms with Gasteiger partial charge in [0.05, 0.1) is 31.0 Å². The van der Waals surface area contributed by atoms with Crippen LogP contribution >= 0.6 is 11.6 Å². The summed E-state index contributed by atoms with van der Waals surface area (Å²) in [4.78, 5) is 15.5. The third-order valence-electron chi connectivity index (χ3n) is 2.52. The molecule has 1 aromatic heterocycles. The molecule has 0 spiro atoms. The zero-order valence-corrected chi connectivity index (χ0v) is 11.6. The van der Waals surface area contributed by atoms with Gasteiger partial charge < -0.3 is 9.88 Å². The summed E-state index contributed by atoms with van der Waals surface area (Å²) in [5, 5.41) is 7.42. The Bertz CT molecular complexity index is 623. The van der Waals surface area contributed by atoms with Crippen LogP contribution in [0.15, 0.2) is 41.9 Å². The predicted molar refractivity (Wildman–Crippen MR) is 78.9 cm³/mol. The molecule has 0 saturated carbocycles. The Morgan fingerprint density at radius 1 is 1.55 bits per heavy atom. The Morgan fingerprint density at radius 2 is 2.40 bits per heavy atom. The molecule has 0 bridgehead atoms. The maximum absolute atomic E-state index is 11.6. The lowest BCUT2D eigenvalue weighted by Gasteiger charge is -2.05. The average Bonchev–Trinajstić information content (AvgIpc) is 2.82. The number of hydrogen-bond acceptors (Lipinski definition) is 4. The number of carbonyl (C=O) groups is 1. The van der Waals surface area contributed by atoms with E-state index < -0.39 is 0 Å². The van der Waals surface area contributed by atoms with E-state index in [2.05, 4.69) is 20.8 Å². The van der Waals surface area contributed by atoms with Gasteiger partial charge in [0.2, 0.25) is 0 Å². The number of aryl methyl sites for hydroxylation is 1. The fourth-order valence-corrected chi connectivity index (χ4v) is 1.67. The largest absolute Gasteiger partial charge is 0.376 e. The fraction of sp³-hybridized carbons (Fsp3) is 0.154. The molecule has 20 heavy (non-hydrogen) atoms. The van der Waals surface area contributed by atoms with Crippen LogP contribution < -0.4 is 10.7 Å². The quantitative estimate of drug-likeness (QED) is 0.650. The van der Waals surface area contributed by atoms with Crippen molar-refractivity contribution in [3.63, 3.8) is 0 Å². The van der Waals surface area contributed by atoms with E-state index in [4.69, 9.17) is 11.6 Å². The predicted octanol–water partition coefficient (Wildman–Crippen LogP) is 1.64. The second-order valence-electron chi connectivity index (χ2n) is 4.09. The van der Waals surface area contributed by atoms with Crippen molar-refractivity contribution >= 4 is 29.4 Å². The first kappa shape index (κ1) is 14.1. The van der Waals surface area contributed by atoms with Crippen molar-refractivity contribution in [2.45, 2.75) is 0 Å². The average molecular weight is 292 g/mol. The van der Waals surface area contributed by atoms with E-state index in [1.54, 1.807) is 29.2 Å². The SMILES string of the molecule is Cn1cncc1/C=N/NC(=O)CNc1cccc(Cl)c1. The zero-order chi connectivity index (χ0) is 14.4. The van der Waals surface area contributed by atoms with Gasteiger partial charge in [0, 0.05) is 17.8 Å². The number of rotatable bonds is 5. The second-order valence-corrected chi connectivity index (χ2v) is 4.52. The smallest absolute Gasteiger partial charge is 0.259 e. The molecule has 104 valence electrons. The lowest BCUT2D eigenvalue weighted by Crippen LogP contribution is -2.25. The molecule has 7 heteroatoms. The van der Waals surface area contributed by atoms with E-state index in [9.17, 15) is 4.79 Å². The number of benzene rings is 1. The minimum absolute atomic E-state index is 0.114. The van der Waals surface area contributed by atoms with Gasteiger partial charge in [0.15, 0.2) is 0 Å². The van der Waals surface area contributed by atoms with E-state index in [0.717, 1.165) is 11.4 Å². The van der Waals surface area contributed by atoms with Crippen molar-refractivity contribution in [3.05, 3.63) is 47.5 Å². The first-order valence-corrected chi connectivity index (χ1v) is 6.30. The molecular weight excluding hydrogens is 278 g/mol. The first-order chi connectivity index (χ1) is 9.65. The van der Waals surface area contributed by atoms with Crippen LogP contribution in [-0.2, 0) is 11.8 Å². The molecule has 1 heterocycles. The normalized spacial score (nSPS) is 10.7. The molecule has 0 radical (unpaired) electrons. The van der Waals surface area contributed by atoms with Crippen molar-refractivity contribution < 1.29 is 4.79 Å². The number of hydrogen-bond donors (Lipinski definition) is 2. The highest BCUT2D eigenvalue weighted by Gasteiger charge is 2.00. The van der Waals surface area contributed by atoms with Crippen LogP contribution in [0.3, 0.4) is 0 Å². The Kier molecular flexibility index (Phi) is 4.73. The summed E-state index contributed by atoms with van der Waals surface area (Å²) in [7, 11) is 1.84. The Labute approximate surface area is 121 Å². The number of nitrogens with one attached hydrogen (secondary N) is 2. The van der Waals surface area contributed by atoms with Crippen molar-refractivity contribution in [2.75, 3.05) is 11.9 Å². The Hall–Kier alpha value is -2.34. The molecule has 1 amide bonds. The van der Waals surface area contributed by atoms with Crippen LogP contribution in [0.2, 0.25) is 5.02 Å². The van der Waals surface area contributed by atoms with Crippen molar-refractivity contribution in [2.24, 2.45) is 12.1 Å². The summed E-state index contributed by atoms with van der Waals surface area (Å²) in [6, 6.07) is 7.15. The first-order valence-electron chi connectivity index (χ1n) is 5.93. The van der Waals surface area contributed by atoms with Gasteiger partial charge in [-0.3, -0.25) is 4.79 Å². The molecule has 0 aliphatic heterocycles. The van der Waals surface area contributed by atoms with E-state index in [1.165, 1.54) is 6.21 Å². The van der Waals surface area contributed by atoms with Crippen LogP contribution in [0.1, 0.15) is 5.69 Å². The molecule has 0 atom stereocenters. The van der Waals surface area contributed by atoms with Crippen molar-refractivity contribution in [1.82, 2.24) is 15.0 Å². The Morgan fingerprint density at radius 3 is 3.10 bits per heavy atom. The van der Waals surface area contributed by atoms with Gasteiger partial charge in [-0.2, -0.15) is 5.10 Å². The van der Waals surface area contributed by atoms with Gasteiger partial charge in [-0.25, -0.2) is 10.4 Å². The summed E-state index contributed by atoms with van der Waals surface area (Å²) in [6.07, 6.45) is 4.84. The van der Waals surface area contributed by atoms with Gasteiger partial charge in [-0.05, 0) is 18.2 Å². The number of amides is 1. The highest BCUT2D eigenvalue weighted by atomic mass is 35.5. The van der Waals surface area contributed by atoms with E-state index in [1.807, 2.05) is 19.2 Å². The summed E-state index contributed by atoms with van der Waals surface area (Å²) in [6.45, 7) is 0.114. The zero-order valence-electron chi connectivity index (χ0n) is 10.9. The van der Waals surface area contributed by atoms with Crippen LogP contribution in [0, 0.1) is 0 Å². The monoisotopic (exact) mass is 291 g/mol. The molecule has 0 aliphatic carbocycles. The van der Waals surface area contributed by atoms with E-state index in [-0.39, 0.29) is 12.5 Å². The number of carbonyl (C=O) groups excluding carboxylic acids is 1. The van der Waals surface area contributed by atoms with Gasteiger partial charge in [-0.15, -0.1) is 0 Å². The number of aromatic nitrogens is 2. The Balaban J connectivity index is 1.79. The molecule has 2 aromatic rings. The van der Waals surface area contributed by atoms with Gasteiger partial charge in [-0.1, -0.05) is 17.7 Å². The van der Waals surface area contributed by atoms with Gasteiger partial charge in [0.1, 0.15) is 0 Å². The molecule has 0 aliphatic rings. The van der Waals surface area contributed by atoms with Crippen LogP contribution in [0.25, 0.3) is 0 Å². The lowest BCUT2D eigenvalue weighted by atomic mass is 10.3. The highest BCUT2D eigenvalue weighted by molar-refractivity contribution is 6.30. The summed E-state index contributed by atoms with van der Waals surface area (Å²) < 4.78 is 1.79. The minimum atomic E-state index is -0.247. The molecule has 0 fully saturated rings.